The molecule has 2 rings (SSSR count). The van der Waals surface area contributed by atoms with Gasteiger partial charge in [0.2, 0.25) is 0 Å². The van der Waals surface area contributed by atoms with Gasteiger partial charge in [-0.25, -0.2) is 0 Å². The van der Waals surface area contributed by atoms with Crippen LogP contribution in [0.4, 0.5) is 8.78 Å². The first kappa shape index (κ1) is 13.1. The highest BCUT2D eigenvalue weighted by molar-refractivity contribution is 6.10. The molecule has 0 aliphatic heterocycles. The average Bonchev–Trinajstić information content (AvgIpc) is 2.40. The lowest BCUT2D eigenvalue weighted by atomic mass is 9.99. The molecule has 2 aromatic rings. The van der Waals surface area contributed by atoms with E-state index in [0.717, 1.165) is 0 Å². The van der Waals surface area contributed by atoms with Crippen LogP contribution in [0.5, 0.6) is 5.75 Å². The van der Waals surface area contributed by atoms with Gasteiger partial charge < -0.3 is 4.74 Å². The first-order valence-electron chi connectivity index (χ1n) is 5.58. The number of ether oxygens (including phenoxy) is 1. The Hall–Kier alpha value is -2.30. The number of benzene rings is 1. The Morgan fingerprint density at radius 2 is 1.89 bits per heavy atom. The van der Waals surface area contributed by atoms with Gasteiger partial charge in [-0.05, 0) is 36.8 Å². The summed E-state index contributed by atoms with van der Waals surface area (Å²) in [5.41, 5.74) is 1.49. The van der Waals surface area contributed by atoms with E-state index in [-0.39, 0.29) is 11.5 Å². The molecule has 0 amide bonds. The van der Waals surface area contributed by atoms with Gasteiger partial charge in [0.1, 0.15) is 5.75 Å². The molecule has 0 saturated carbocycles. The second-order valence-electron chi connectivity index (χ2n) is 3.92. The van der Waals surface area contributed by atoms with Gasteiger partial charge in [0.05, 0.1) is 0 Å². The Kier molecular flexibility index (Phi) is 3.85. The number of pyridine rings is 1. The zero-order valence-electron chi connectivity index (χ0n) is 10.1. The number of halogens is 2. The van der Waals surface area contributed by atoms with Crippen molar-refractivity contribution in [3.63, 3.8) is 0 Å². The average molecular weight is 263 g/mol. The van der Waals surface area contributed by atoms with Crippen LogP contribution in [0.1, 0.15) is 21.5 Å². The normalized spacial score (nSPS) is 10.5. The summed E-state index contributed by atoms with van der Waals surface area (Å²) >= 11 is 0. The van der Waals surface area contributed by atoms with E-state index >= 15 is 0 Å². The molecule has 0 saturated heterocycles. The molecule has 0 unspecified atom stereocenters. The summed E-state index contributed by atoms with van der Waals surface area (Å²) in [4.78, 5) is 16.1. The minimum absolute atomic E-state index is 0.0296. The van der Waals surface area contributed by atoms with Crippen molar-refractivity contribution in [2.75, 3.05) is 0 Å². The zero-order valence-corrected chi connectivity index (χ0v) is 10.1. The van der Waals surface area contributed by atoms with Crippen LogP contribution < -0.4 is 4.74 Å². The SMILES string of the molecule is Cc1ccc(OC(F)F)cc1C(=O)c1ccncc1. The molecule has 1 aromatic heterocycles. The molecule has 0 fully saturated rings. The van der Waals surface area contributed by atoms with E-state index in [4.69, 9.17) is 0 Å². The molecule has 1 heterocycles. The molecule has 0 bridgehead atoms. The van der Waals surface area contributed by atoms with Gasteiger partial charge in [-0.2, -0.15) is 8.78 Å². The van der Waals surface area contributed by atoms with Crippen molar-refractivity contribution in [2.24, 2.45) is 0 Å². The van der Waals surface area contributed by atoms with Crippen LogP contribution in [0, 0.1) is 6.92 Å². The molecular weight excluding hydrogens is 252 g/mol. The number of hydrogen-bond donors (Lipinski definition) is 0. The van der Waals surface area contributed by atoms with E-state index < -0.39 is 6.61 Å². The van der Waals surface area contributed by atoms with E-state index in [1.165, 1.54) is 24.5 Å². The van der Waals surface area contributed by atoms with Crippen molar-refractivity contribution in [1.82, 2.24) is 4.98 Å². The van der Waals surface area contributed by atoms with Crippen molar-refractivity contribution < 1.29 is 18.3 Å². The third-order valence-electron chi connectivity index (χ3n) is 2.62. The molecular formula is C14H11F2NO2. The van der Waals surface area contributed by atoms with Crippen molar-refractivity contribution in [1.29, 1.82) is 0 Å². The van der Waals surface area contributed by atoms with Crippen molar-refractivity contribution >= 4 is 5.78 Å². The Labute approximate surface area is 108 Å². The van der Waals surface area contributed by atoms with Gasteiger partial charge in [0.15, 0.2) is 5.78 Å². The summed E-state index contributed by atoms with van der Waals surface area (Å²) in [5.74, 6) is -0.280. The first-order valence-corrected chi connectivity index (χ1v) is 5.58. The first-order chi connectivity index (χ1) is 9.08. The molecule has 0 spiro atoms. The summed E-state index contributed by atoms with van der Waals surface area (Å²) in [5, 5.41) is 0. The van der Waals surface area contributed by atoms with Gasteiger partial charge in [-0.3, -0.25) is 9.78 Å². The Morgan fingerprint density at radius 3 is 2.53 bits per heavy atom. The molecule has 0 radical (unpaired) electrons. The lowest BCUT2D eigenvalue weighted by Gasteiger charge is -2.09. The van der Waals surface area contributed by atoms with E-state index in [0.29, 0.717) is 16.7 Å². The van der Waals surface area contributed by atoms with E-state index in [1.54, 1.807) is 25.1 Å². The monoisotopic (exact) mass is 263 g/mol. The lowest BCUT2D eigenvalue weighted by Crippen LogP contribution is -2.06. The summed E-state index contributed by atoms with van der Waals surface area (Å²) < 4.78 is 28.6. The standard InChI is InChI=1S/C14H11F2NO2/c1-9-2-3-11(19-14(15)16)8-12(9)13(18)10-4-6-17-7-5-10/h2-8,14H,1H3. The predicted molar refractivity (Wildman–Crippen MR) is 65.5 cm³/mol. The largest absolute Gasteiger partial charge is 0.435 e. The molecule has 3 nitrogen and oxygen atoms in total. The number of nitrogens with zero attached hydrogens (tertiary/aromatic N) is 1. The van der Waals surface area contributed by atoms with E-state index in [2.05, 4.69) is 9.72 Å². The third kappa shape index (κ3) is 3.13. The minimum Gasteiger partial charge on any atom is -0.435 e. The maximum Gasteiger partial charge on any atom is 0.387 e. The topological polar surface area (TPSA) is 39.2 Å². The van der Waals surface area contributed by atoms with Crippen LogP contribution in [0.15, 0.2) is 42.7 Å². The van der Waals surface area contributed by atoms with Crippen LogP contribution in [0.3, 0.4) is 0 Å². The number of rotatable bonds is 4. The lowest BCUT2D eigenvalue weighted by molar-refractivity contribution is -0.0498. The summed E-state index contributed by atoms with van der Waals surface area (Å²) in [6, 6.07) is 7.45. The van der Waals surface area contributed by atoms with Gasteiger partial charge in [-0.1, -0.05) is 6.07 Å². The molecule has 98 valence electrons. The van der Waals surface area contributed by atoms with Gasteiger partial charge >= 0.3 is 6.61 Å². The van der Waals surface area contributed by atoms with Crippen molar-refractivity contribution in [3.05, 3.63) is 59.4 Å². The fourth-order valence-electron chi connectivity index (χ4n) is 1.68. The van der Waals surface area contributed by atoms with Crippen LogP contribution in [-0.2, 0) is 0 Å². The number of carbonyl (C=O) groups excluding carboxylic acids is 1. The Balaban J connectivity index is 2.36. The third-order valence-corrected chi connectivity index (χ3v) is 2.62. The number of aryl methyl sites for hydroxylation is 1. The maximum absolute atomic E-state index is 12.2. The Bertz CT molecular complexity index is 585. The van der Waals surface area contributed by atoms with Crippen LogP contribution in [0.2, 0.25) is 0 Å². The quantitative estimate of drug-likeness (QED) is 0.795. The number of ketones is 1. The number of hydrogen-bond acceptors (Lipinski definition) is 3. The summed E-state index contributed by atoms with van der Waals surface area (Å²) in [6.07, 6.45) is 3.00. The van der Waals surface area contributed by atoms with Gasteiger partial charge in [0.25, 0.3) is 0 Å². The van der Waals surface area contributed by atoms with E-state index in [1.807, 2.05) is 0 Å². The fraction of sp³-hybridized carbons (Fsp3) is 0.143. The second kappa shape index (κ2) is 5.56. The van der Waals surface area contributed by atoms with Crippen LogP contribution in [0.25, 0.3) is 0 Å². The fourth-order valence-corrected chi connectivity index (χ4v) is 1.68. The molecule has 19 heavy (non-hydrogen) atoms. The minimum atomic E-state index is -2.91. The van der Waals surface area contributed by atoms with Gasteiger partial charge in [0, 0.05) is 23.5 Å². The van der Waals surface area contributed by atoms with Crippen LogP contribution in [-0.4, -0.2) is 17.4 Å². The van der Waals surface area contributed by atoms with E-state index in [9.17, 15) is 13.6 Å². The highest BCUT2D eigenvalue weighted by Gasteiger charge is 2.14. The second-order valence-corrected chi connectivity index (χ2v) is 3.92. The summed E-state index contributed by atoms with van der Waals surface area (Å²) in [6.45, 7) is -1.17. The smallest absolute Gasteiger partial charge is 0.387 e. The van der Waals surface area contributed by atoms with Crippen molar-refractivity contribution in [2.45, 2.75) is 13.5 Å². The van der Waals surface area contributed by atoms with Gasteiger partial charge in [-0.15, -0.1) is 0 Å². The zero-order chi connectivity index (χ0) is 13.8. The molecule has 1 aromatic carbocycles. The molecule has 5 heteroatoms. The Morgan fingerprint density at radius 1 is 1.21 bits per heavy atom. The summed E-state index contributed by atoms with van der Waals surface area (Å²) in [7, 11) is 0. The highest BCUT2D eigenvalue weighted by Crippen LogP contribution is 2.21. The molecule has 0 N–H and O–H groups in total. The maximum atomic E-state index is 12.2. The number of aromatic nitrogens is 1. The van der Waals surface area contributed by atoms with Crippen molar-refractivity contribution in [3.8, 4) is 5.75 Å². The molecule has 0 aliphatic carbocycles. The number of carbonyl (C=O) groups is 1. The highest BCUT2D eigenvalue weighted by atomic mass is 19.3. The van der Waals surface area contributed by atoms with Crippen LogP contribution >= 0.6 is 0 Å². The number of alkyl halides is 2. The molecule has 0 aliphatic rings. The molecule has 0 atom stereocenters. The predicted octanol–water partition coefficient (Wildman–Crippen LogP) is 3.22.